The molecule has 0 radical (unpaired) electrons. The van der Waals surface area contributed by atoms with E-state index in [2.05, 4.69) is 20.5 Å². The average Bonchev–Trinajstić information content (AvgIpc) is 3.41. The lowest BCUT2D eigenvalue weighted by Gasteiger charge is -2.17. The molecule has 3 aromatic heterocycles. The number of carbonyl (C=O) groups is 1. The Hall–Kier alpha value is -2.91. The number of ether oxygens (including phenoxy) is 1. The number of aromatic nitrogens is 4. The maximum atomic E-state index is 12.9. The molecule has 4 aromatic rings. The first-order valence-electron chi connectivity index (χ1n) is 9.87. The van der Waals surface area contributed by atoms with Crippen LogP contribution >= 0.6 is 23.1 Å². The summed E-state index contributed by atoms with van der Waals surface area (Å²) in [6, 6.07) is 12.7. The molecule has 3 heterocycles. The number of nitrogens with zero attached hydrogens (tertiary/aromatic N) is 4. The molecule has 4 rings (SSSR count). The molecule has 0 bridgehead atoms. The van der Waals surface area contributed by atoms with Crippen LogP contribution < -0.4 is 10.1 Å². The van der Waals surface area contributed by atoms with E-state index in [1.54, 1.807) is 47.4 Å². The second-order valence-corrected chi connectivity index (χ2v) is 9.01. The molecule has 0 saturated carbocycles. The Morgan fingerprint density at radius 3 is 2.81 bits per heavy atom. The van der Waals surface area contributed by atoms with E-state index >= 15 is 0 Å². The van der Waals surface area contributed by atoms with E-state index in [0.717, 1.165) is 34.3 Å². The second kappa shape index (κ2) is 9.93. The number of aryl methyl sites for hydroxylation is 1. The zero-order valence-corrected chi connectivity index (χ0v) is 18.9. The molecule has 31 heavy (non-hydrogen) atoms. The topological polar surface area (TPSA) is 81.4 Å². The number of thiazole rings is 1. The molecule has 9 heteroatoms. The molecule has 0 aliphatic carbocycles. The fourth-order valence-corrected chi connectivity index (χ4v) is 4.24. The summed E-state index contributed by atoms with van der Waals surface area (Å²) in [5, 5.41) is 14.7. The quantitative estimate of drug-likeness (QED) is 0.407. The smallest absolute Gasteiger partial charge is 0.251 e. The van der Waals surface area contributed by atoms with E-state index in [1.165, 1.54) is 0 Å². The number of amides is 1. The van der Waals surface area contributed by atoms with E-state index in [1.807, 2.05) is 47.4 Å². The number of nitrogens with one attached hydrogen (secondary N) is 1. The molecule has 0 spiro atoms. The minimum absolute atomic E-state index is 0.152. The van der Waals surface area contributed by atoms with Crippen molar-refractivity contribution in [2.45, 2.75) is 26.0 Å². The van der Waals surface area contributed by atoms with E-state index in [9.17, 15) is 4.79 Å². The summed E-state index contributed by atoms with van der Waals surface area (Å²) in [6.45, 7) is 2.38. The Kier molecular flexibility index (Phi) is 6.83. The number of carbonyl (C=O) groups excluding carboxylic acids is 1. The number of fused-ring (bicyclic) bond motifs is 1. The van der Waals surface area contributed by atoms with Crippen LogP contribution in [0.15, 0.2) is 54.0 Å². The summed E-state index contributed by atoms with van der Waals surface area (Å²) in [7, 11) is 0. The van der Waals surface area contributed by atoms with Crippen molar-refractivity contribution in [2.24, 2.45) is 0 Å². The van der Waals surface area contributed by atoms with Crippen molar-refractivity contribution in [1.29, 1.82) is 0 Å². The minimum atomic E-state index is -0.235. The van der Waals surface area contributed by atoms with Crippen molar-refractivity contribution in [3.63, 3.8) is 0 Å². The van der Waals surface area contributed by atoms with Crippen LogP contribution in [-0.4, -0.2) is 37.5 Å². The van der Waals surface area contributed by atoms with Crippen molar-refractivity contribution in [2.75, 3.05) is 12.0 Å². The predicted octanol–water partition coefficient (Wildman–Crippen LogP) is 4.30. The van der Waals surface area contributed by atoms with Crippen molar-refractivity contribution in [3.05, 3.63) is 76.1 Å². The first-order valence-corrected chi connectivity index (χ1v) is 12.1. The maximum Gasteiger partial charge on any atom is 0.251 e. The predicted molar refractivity (Wildman–Crippen MR) is 124 cm³/mol. The molecule has 0 saturated heterocycles. The minimum Gasteiger partial charge on any atom is -0.487 e. The van der Waals surface area contributed by atoms with Gasteiger partial charge in [0, 0.05) is 17.1 Å². The van der Waals surface area contributed by atoms with Crippen molar-refractivity contribution >= 4 is 34.7 Å². The highest BCUT2D eigenvalue weighted by Crippen LogP contribution is 2.20. The molecule has 0 fully saturated rings. The van der Waals surface area contributed by atoms with Crippen molar-refractivity contribution in [3.8, 4) is 5.75 Å². The first-order chi connectivity index (χ1) is 15.1. The van der Waals surface area contributed by atoms with Gasteiger partial charge in [0.15, 0.2) is 11.5 Å². The van der Waals surface area contributed by atoms with E-state index < -0.39 is 0 Å². The Bertz CT molecular complexity index is 1160. The molecule has 1 aromatic carbocycles. The van der Waals surface area contributed by atoms with Crippen LogP contribution in [0.25, 0.3) is 5.65 Å². The van der Waals surface area contributed by atoms with Crippen LogP contribution in [0.3, 0.4) is 0 Å². The van der Waals surface area contributed by atoms with Crippen LogP contribution in [-0.2, 0) is 6.61 Å². The lowest BCUT2D eigenvalue weighted by molar-refractivity contribution is 0.0933. The van der Waals surface area contributed by atoms with Gasteiger partial charge in [0.1, 0.15) is 12.4 Å². The molecule has 1 N–H and O–H groups in total. The maximum absolute atomic E-state index is 12.9. The van der Waals surface area contributed by atoms with Gasteiger partial charge in [-0.2, -0.15) is 11.8 Å². The van der Waals surface area contributed by atoms with Crippen LogP contribution in [0.4, 0.5) is 0 Å². The van der Waals surface area contributed by atoms with Crippen molar-refractivity contribution in [1.82, 2.24) is 24.9 Å². The molecule has 0 aliphatic heterocycles. The van der Waals surface area contributed by atoms with Gasteiger partial charge in [0.25, 0.3) is 5.91 Å². The summed E-state index contributed by atoms with van der Waals surface area (Å²) >= 11 is 3.33. The third-order valence-corrected chi connectivity index (χ3v) is 6.20. The Morgan fingerprint density at radius 1 is 1.23 bits per heavy atom. The molecule has 7 nitrogen and oxygen atoms in total. The number of thioether (sulfide) groups is 1. The highest BCUT2D eigenvalue weighted by molar-refractivity contribution is 7.98. The van der Waals surface area contributed by atoms with Gasteiger partial charge >= 0.3 is 0 Å². The van der Waals surface area contributed by atoms with Gasteiger partial charge in [-0.25, -0.2) is 4.98 Å². The van der Waals surface area contributed by atoms with Gasteiger partial charge < -0.3 is 10.1 Å². The molecular weight excluding hydrogens is 430 g/mol. The number of benzene rings is 1. The molecular formula is C22H23N5O2S2. The first kappa shape index (κ1) is 21.3. The van der Waals surface area contributed by atoms with Crippen LogP contribution in [0.2, 0.25) is 0 Å². The largest absolute Gasteiger partial charge is 0.487 e. The molecule has 0 aliphatic rings. The molecule has 1 atom stereocenters. The fourth-order valence-electron chi connectivity index (χ4n) is 3.17. The van der Waals surface area contributed by atoms with E-state index in [-0.39, 0.29) is 11.9 Å². The number of rotatable bonds is 9. The van der Waals surface area contributed by atoms with Gasteiger partial charge in [0.2, 0.25) is 0 Å². The zero-order valence-electron chi connectivity index (χ0n) is 17.3. The zero-order chi connectivity index (χ0) is 21.6. The summed E-state index contributed by atoms with van der Waals surface area (Å²) in [5.41, 5.74) is 2.24. The third-order valence-electron chi connectivity index (χ3n) is 4.74. The summed E-state index contributed by atoms with van der Waals surface area (Å²) in [4.78, 5) is 17.3. The van der Waals surface area contributed by atoms with Gasteiger partial charge in [-0.15, -0.1) is 21.5 Å². The Labute approximate surface area is 188 Å². The number of hydrogen-bond donors (Lipinski definition) is 1. The van der Waals surface area contributed by atoms with Crippen LogP contribution in [0.5, 0.6) is 5.75 Å². The van der Waals surface area contributed by atoms with E-state index in [0.29, 0.717) is 17.9 Å². The molecule has 1 amide bonds. The average molecular weight is 454 g/mol. The lowest BCUT2D eigenvalue weighted by Crippen LogP contribution is -2.30. The highest BCUT2D eigenvalue weighted by atomic mass is 32.2. The molecule has 1 unspecified atom stereocenters. The van der Waals surface area contributed by atoms with Gasteiger partial charge in [-0.3, -0.25) is 9.20 Å². The van der Waals surface area contributed by atoms with E-state index in [4.69, 9.17) is 4.74 Å². The normalized spacial score (nSPS) is 12.1. The van der Waals surface area contributed by atoms with Crippen molar-refractivity contribution < 1.29 is 9.53 Å². The van der Waals surface area contributed by atoms with Crippen LogP contribution in [0.1, 0.15) is 39.3 Å². The van der Waals surface area contributed by atoms with Gasteiger partial charge in [0.05, 0.1) is 16.7 Å². The summed E-state index contributed by atoms with van der Waals surface area (Å²) in [6.07, 6.45) is 4.72. The number of pyridine rings is 1. The Balaban J connectivity index is 1.44. The molecule has 160 valence electrons. The monoisotopic (exact) mass is 453 g/mol. The third kappa shape index (κ3) is 5.23. The van der Waals surface area contributed by atoms with Gasteiger partial charge in [-0.05, 0) is 61.8 Å². The second-order valence-electron chi connectivity index (χ2n) is 6.97. The number of hydrogen-bond acceptors (Lipinski definition) is 7. The van der Waals surface area contributed by atoms with Gasteiger partial charge in [-0.1, -0.05) is 6.07 Å². The highest BCUT2D eigenvalue weighted by Gasteiger charge is 2.21. The Morgan fingerprint density at radius 2 is 2.06 bits per heavy atom. The summed E-state index contributed by atoms with van der Waals surface area (Å²) in [5.74, 6) is 2.18. The summed E-state index contributed by atoms with van der Waals surface area (Å²) < 4.78 is 7.69. The standard InChI is InChI=1S/C22H23N5O2S2/c1-15-23-17(14-31-15)13-29-18-8-6-16(7-9-18)22(28)24-19(10-12-30-2)21-26-25-20-5-3-4-11-27(20)21/h3-9,11,14,19H,10,12-13H2,1-2H3,(H,24,28). The fraction of sp³-hybridized carbons (Fsp3) is 0.273. The SMILES string of the molecule is CSCCC(NC(=O)c1ccc(OCc2csc(C)n2)cc1)c1nnc2ccccn12. The lowest BCUT2D eigenvalue weighted by atomic mass is 10.1. The van der Waals surface area contributed by atoms with Crippen LogP contribution in [0, 0.1) is 6.92 Å².